The number of aliphatic carboxylic acids is 1. The molecule has 16 heavy (non-hydrogen) atoms. The molecule has 0 aliphatic heterocycles. The fourth-order valence-electron chi connectivity index (χ4n) is 1.53. The number of alkyl halides is 3. The summed E-state index contributed by atoms with van der Waals surface area (Å²) in [5, 5.41) is 13.6. The first-order valence-corrected chi connectivity index (χ1v) is 4.72. The smallest absolute Gasteiger partial charge is 0.435 e. The van der Waals surface area contributed by atoms with E-state index in [-0.39, 0.29) is 5.92 Å². The van der Waals surface area contributed by atoms with Gasteiger partial charge in [0, 0.05) is 11.6 Å². The molecule has 88 valence electrons. The van der Waals surface area contributed by atoms with Gasteiger partial charge in [-0.1, -0.05) is 0 Å². The average molecular weight is 233 g/mol. The third kappa shape index (κ3) is 2.17. The predicted molar refractivity (Wildman–Crippen MR) is 44.2 cm³/mol. The highest BCUT2D eigenvalue weighted by Crippen LogP contribution is 2.41. The van der Waals surface area contributed by atoms with Gasteiger partial charge in [-0.3, -0.25) is 4.68 Å². The lowest BCUT2D eigenvalue weighted by Gasteiger charge is -2.06. The van der Waals surface area contributed by atoms with Crippen molar-refractivity contribution in [3.05, 3.63) is 17.5 Å². The number of carboxylic acid groups (broad SMARTS) is 1. The van der Waals surface area contributed by atoms with Gasteiger partial charge in [-0.05, 0) is 18.9 Å². The summed E-state index contributed by atoms with van der Waals surface area (Å²) < 4.78 is 38.0. The number of carbonyl (C=O) groups is 1. The molecule has 0 aromatic carbocycles. The van der Waals surface area contributed by atoms with Crippen molar-refractivity contribution in [2.24, 2.45) is 0 Å². The van der Waals surface area contributed by atoms with Crippen LogP contribution < -0.4 is 5.11 Å². The summed E-state index contributed by atoms with van der Waals surface area (Å²) >= 11 is 0. The number of aromatic nitrogens is 2. The molecule has 0 bridgehead atoms. The van der Waals surface area contributed by atoms with Gasteiger partial charge in [0.15, 0.2) is 5.69 Å². The first-order chi connectivity index (χ1) is 7.38. The summed E-state index contributed by atoms with van der Waals surface area (Å²) in [6.45, 7) is -0.637. The number of nitrogens with zero attached hydrogens (tertiary/aromatic N) is 2. The second-order valence-electron chi connectivity index (χ2n) is 3.76. The van der Waals surface area contributed by atoms with Crippen LogP contribution in [0.5, 0.6) is 0 Å². The molecule has 1 aromatic rings. The lowest BCUT2D eigenvalue weighted by Crippen LogP contribution is -2.28. The van der Waals surface area contributed by atoms with Crippen molar-refractivity contribution in [2.75, 3.05) is 0 Å². The summed E-state index contributed by atoms with van der Waals surface area (Å²) in [6, 6.07) is 0.917. The third-order valence-corrected chi connectivity index (χ3v) is 2.38. The molecule has 4 nitrogen and oxygen atoms in total. The first-order valence-electron chi connectivity index (χ1n) is 4.72. The number of hydrogen-bond donors (Lipinski definition) is 0. The molecule has 1 aliphatic carbocycles. The fraction of sp³-hybridized carbons (Fsp3) is 0.556. The Balaban J connectivity index is 2.34. The van der Waals surface area contributed by atoms with Crippen molar-refractivity contribution >= 4 is 5.97 Å². The van der Waals surface area contributed by atoms with Crippen molar-refractivity contribution in [3.63, 3.8) is 0 Å². The van der Waals surface area contributed by atoms with Gasteiger partial charge < -0.3 is 9.90 Å². The van der Waals surface area contributed by atoms with E-state index in [4.69, 9.17) is 0 Å². The van der Waals surface area contributed by atoms with Gasteiger partial charge in [-0.2, -0.15) is 18.3 Å². The van der Waals surface area contributed by atoms with E-state index in [0.717, 1.165) is 23.6 Å². The fourth-order valence-corrected chi connectivity index (χ4v) is 1.53. The maximum Gasteiger partial charge on any atom is 0.435 e. The minimum Gasteiger partial charge on any atom is -0.548 e. The Morgan fingerprint density at radius 3 is 2.62 bits per heavy atom. The molecule has 7 heteroatoms. The van der Waals surface area contributed by atoms with Gasteiger partial charge in [0.1, 0.15) is 0 Å². The molecule has 0 unspecified atom stereocenters. The second kappa shape index (κ2) is 3.50. The predicted octanol–water partition coefficient (Wildman–Crippen LogP) is 0.529. The Kier molecular flexibility index (Phi) is 2.40. The molecule has 1 aliphatic rings. The number of hydrogen-bond acceptors (Lipinski definition) is 3. The van der Waals surface area contributed by atoms with Gasteiger partial charge in [-0.15, -0.1) is 0 Å². The van der Waals surface area contributed by atoms with Crippen LogP contribution in [0.15, 0.2) is 6.07 Å². The van der Waals surface area contributed by atoms with Crippen LogP contribution in [0.2, 0.25) is 0 Å². The Labute approximate surface area is 88.7 Å². The molecule has 0 N–H and O–H groups in total. The molecular weight excluding hydrogens is 225 g/mol. The van der Waals surface area contributed by atoms with Crippen LogP contribution in [0.25, 0.3) is 0 Å². The summed E-state index contributed by atoms with van der Waals surface area (Å²) in [5.74, 6) is -1.44. The standard InChI is InChI=1S/C9H9F3N2O2/c10-9(11,12)7-3-6(5-1-2-5)14(13-7)4-8(15)16/h3,5H,1-2,4H2,(H,15,16)/p-1. The quantitative estimate of drug-likeness (QED) is 0.765. The lowest BCUT2D eigenvalue weighted by molar-refractivity contribution is -0.306. The zero-order valence-corrected chi connectivity index (χ0v) is 8.12. The van der Waals surface area contributed by atoms with Gasteiger partial charge >= 0.3 is 6.18 Å². The van der Waals surface area contributed by atoms with Crippen molar-refractivity contribution in [2.45, 2.75) is 31.5 Å². The molecular formula is C9H8F3N2O2-. The van der Waals surface area contributed by atoms with Crippen LogP contribution in [0.1, 0.15) is 30.1 Å². The van der Waals surface area contributed by atoms with Gasteiger partial charge in [-0.25, -0.2) is 0 Å². The highest BCUT2D eigenvalue weighted by molar-refractivity contribution is 5.64. The number of carbonyl (C=O) groups excluding carboxylic acids is 1. The monoisotopic (exact) mass is 233 g/mol. The zero-order chi connectivity index (χ0) is 11.9. The van der Waals surface area contributed by atoms with E-state index < -0.39 is 24.4 Å². The van der Waals surface area contributed by atoms with Crippen LogP contribution in [0.3, 0.4) is 0 Å². The molecule has 2 rings (SSSR count). The molecule has 0 saturated heterocycles. The number of rotatable bonds is 3. The van der Waals surface area contributed by atoms with Crippen LogP contribution >= 0.6 is 0 Å². The molecule has 0 radical (unpaired) electrons. The zero-order valence-electron chi connectivity index (χ0n) is 8.12. The highest BCUT2D eigenvalue weighted by atomic mass is 19.4. The van der Waals surface area contributed by atoms with Crippen molar-refractivity contribution < 1.29 is 23.1 Å². The molecule has 1 fully saturated rings. The van der Waals surface area contributed by atoms with E-state index >= 15 is 0 Å². The van der Waals surface area contributed by atoms with Crippen LogP contribution in [0.4, 0.5) is 13.2 Å². The summed E-state index contributed by atoms with van der Waals surface area (Å²) in [7, 11) is 0. The molecule has 0 atom stereocenters. The molecule has 1 aromatic heterocycles. The van der Waals surface area contributed by atoms with E-state index in [0.29, 0.717) is 5.69 Å². The van der Waals surface area contributed by atoms with Crippen LogP contribution in [0, 0.1) is 0 Å². The van der Waals surface area contributed by atoms with Gasteiger partial charge in [0.05, 0.1) is 12.5 Å². The van der Waals surface area contributed by atoms with E-state index in [2.05, 4.69) is 5.10 Å². The van der Waals surface area contributed by atoms with E-state index in [1.807, 2.05) is 0 Å². The molecule has 1 saturated carbocycles. The third-order valence-electron chi connectivity index (χ3n) is 2.38. The van der Waals surface area contributed by atoms with Crippen LogP contribution in [-0.2, 0) is 17.5 Å². The Hall–Kier alpha value is -1.53. The summed E-state index contributed by atoms with van der Waals surface area (Å²) in [5.41, 5.74) is -0.716. The average Bonchev–Trinajstić information content (AvgIpc) is 2.86. The van der Waals surface area contributed by atoms with Crippen molar-refractivity contribution in [3.8, 4) is 0 Å². The highest BCUT2D eigenvalue weighted by Gasteiger charge is 2.37. The van der Waals surface area contributed by atoms with Gasteiger partial charge in [0.25, 0.3) is 0 Å². The largest absolute Gasteiger partial charge is 0.548 e. The molecule has 1 heterocycles. The molecule has 0 spiro atoms. The van der Waals surface area contributed by atoms with E-state index in [1.54, 1.807) is 0 Å². The summed E-state index contributed by atoms with van der Waals surface area (Å²) in [4.78, 5) is 10.4. The van der Waals surface area contributed by atoms with Crippen molar-refractivity contribution in [1.82, 2.24) is 9.78 Å². The maximum absolute atomic E-state index is 12.4. The normalized spacial score (nSPS) is 16.4. The van der Waals surface area contributed by atoms with Crippen molar-refractivity contribution in [1.29, 1.82) is 0 Å². The molecule has 0 amide bonds. The number of carboxylic acids is 1. The van der Waals surface area contributed by atoms with Gasteiger partial charge in [0.2, 0.25) is 0 Å². The Morgan fingerprint density at radius 1 is 1.56 bits per heavy atom. The summed E-state index contributed by atoms with van der Waals surface area (Å²) in [6.07, 6.45) is -2.99. The minimum atomic E-state index is -4.54. The maximum atomic E-state index is 12.4. The SMILES string of the molecule is O=C([O-])Cn1nc(C(F)(F)F)cc1C1CC1. The Bertz CT molecular complexity index is 421. The topological polar surface area (TPSA) is 57.9 Å². The minimum absolute atomic E-state index is 0.00273. The second-order valence-corrected chi connectivity index (χ2v) is 3.76. The van der Waals surface area contributed by atoms with E-state index in [9.17, 15) is 23.1 Å². The number of halogens is 3. The first kappa shape index (κ1) is 11.0. The van der Waals surface area contributed by atoms with Crippen LogP contribution in [-0.4, -0.2) is 15.7 Å². The Morgan fingerprint density at radius 2 is 2.19 bits per heavy atom. The van der Waals surface area contributed by atoms with E-state index in [1.165, 1.54) is 0 Å². The lowest BCUT2D eigenvalue weighted by atomic mass is 10.2.